The van der Waals surface area contributed by atoms with Crippen molar-refractivity contribution in [2.45, 2.75) is 26.6 Å². The lowest BCUT2D eigenvalue weighted by molar-refractivity contribution is 0.0524. The van der Waals surface area contributed by atoms with Crippen molar-refractivity contribution in [1.29, 1.82) is 0 Å². The van der Waals surface area contributed by atoms with Crippen LogP contribution < -0.4 is 10.2 Å². The Balaban J connectivity index is 0.00000423. The van der Waals surface area contributed by atoms with E-state index < -0.39 is 23.0 Å². The monoisotopic (exact) mass is 624 g/mol. The summed E-state index contributed by atoms with van der Waals surface area (Å²) in [4.78, 5) is 30.4. The van der Waals surface area contributed by atoms with E-state index in [-0.39, 0.29) is 36.7 Å². The Kier molecular flexibility index (Phi) is 10.3. The number of halogens is 3. The summed E-state index contributed by atoms with van der Waals surface area (Å²) < 4.78 is 41.7. The fourth-order valence-electron chi connectivity index (χ4n) is 4.97. The van der Waals surface area contributed by atoms with E-state index in [4.69, 9.17) is 9.47 Å². The number of pyridine rings is 1. The Morgan fingerprint density at radius 3 is 2.23 bits per heavy atom. The van der Waals surface area contributed by atoms with Crippen molar-refractivity contribution in [3.63, 3.8) is 0 Å². The van der Waals surface area contributed by atoms with Crippen LogP contribution in [0.3, 0.4) is 0 Å². The van der Waals surface area contributed by atoms with Crippen LogP contribution in [0.25, 0.3) is 20.7 Å². The van der Waals surface area contributed by atoms with E-state index in [0.717, 1.165) is 21.6 Å². The van der Waals surface area contributed by atoms with E-state index in [1.165, 1.54) is 35.7 Å². The first kappa shape index (κ1) is 31.9. The van der Waals surface area contributed by atoms with Gasteiger partial charge in [-0.25, -0.2) is 13.6 Å². The Hall–Kier alpha value is -4.05. The fourth-order valence-corrected chi connectivity index (χ4v) is 6.26. The topological polar surface area (TPSA) is 60.8 Å². The van der Waals surface area contributed by atoms with Gasteiger partial charge < -0.3 is 14.0 Å². The predicted molar refractivity (Wildman–Crippen MR) is 168 cm³/mol. The zero-order valence-corrected chi connectivity index (χ0v) is 25.6. The van der Waals surface area contributed by atoms with Crippen molar-refractivity contribution in [3.05, 3.63) is 123 Å². The lowest BCUT2D eigenvalue weighted by atomic mass is 10.0. The van der Waals surface area contributed by atoms with Crippen LogP contribution in [-0.2, 0) is 24.4 Å². The number of esters is 1. The number of carbonyl (C=O) groups is 1. The Morgan fingerprint density at radius 2 is 1.60 bits per heavy atom. The van der Waals surface area contributed by atoms with Crippen LogP contribution in [0.1, 0.15) is 34.0 Å². The summed E-state index contributed by atoms with van der Waals surface area (Å²) in [6.45, 7) is 2.51. The van der Waals surface area contributed by atoms with Crippen LogP contribution in [-0.4, -0.2) is 36.2 Å². The minimum Gasteiger partial charge on any atom is -0.497 e. The third kappa shape index (κ3) is 6.80. The molecule has 0 fully saturated rings. The predicted octanol–water partition coefficient (Wildman–Crippen LogP) is 7.30. The first-order valence-electron chi connectivity index (χ1n) is 13.5. The smallest absolute Gasteiger partial charge is 0.343 e. The molecule has 224 valence electrons. The molecule has 5 rings (SSSR count). The number of thiophene rings is 1. The molecule has 0 bridgehead atoms. The Morgan fingerprint density at radius 1 is 0.930 bits per heavy atom. The first-order valence-corrected chi connectivity index (χ1v) is 14.3. The van der Waals surface area contributed by atoms with Gasteiger partial charge in [-0.2, -0.15) is 0 Å². The maximum atomic E-state index is 14.8. The molecule has 0 unspecified atom stereocenters. The van der Waals surface area contributed by atoms with E-state index in [2.05, 4.69) is 4.90 Å². The summed E-state index contributed by atoms with van der Waals surface area (Å²) in [5, 5.41) is 0.327. The van der Waals surface area contributed by atoms with E-state index in [0.29, 0.717) is 29.1 Å². The van der Waals surface area contributed by atoms with Gasteiger partial charge in [0, 0.05) is 29.7 Å². The molecule has 2 aromatic heterocycles. The number of fused-ring (bicyclic) bond motifs is 1. The molecule has 43 heavy (non-hydrogen) atoms. The first-order chi connectivity index (χ1) is 20.3. The summed E-state index contributed by atoms with van der Waals surface area (Å²) in [6, 6.07) is 21.1. The van der Waals surface area contributed by atoms with Crippen LogP contribution in [0, 0.1) is 11.6 Å². The van der Waals surface area contributed by atoms with Gasteiger partial charge in [-0.3, -0.25) is 9.69 Å². The third-order valence-corrected chi connectivity index (χ3v) is 8.29. The van der Waals surface area contributed by atoms with Crippen LogP contribution in [0.5, 0.6) is 5.75 Å². The molecule has 2 heterocycles. The highest BCUT2D eigenvalue weighted by Crippen LogP contribution is 2.39. The van der Waals surface area contributed by atoms with Crippen LogP contribution in [0.15, 0.2) is 83.8 Å². The van der Waals surface area contributed by atoms with Gasteiger partial charge in [-0.15, -0.1) is 23.7 Å². The minimum atomic E-state index is -0.784. The number of ether oxygens (including phenoxy) is 2. The van der Waals surface area contributed by atoms with Crippen molar-refractivity contribution in [2.24, 2.45) is 0 Å². The minimum absolute atomic E-state index is 0. The van der Waals surface area contributed by atoms with Gasteiger partial charge in [0.1, 0.15) is 27.8 Å². The molecule has 6 nitrogen and oxygen atoms in total. The molecule has 0 aliphatic rings. The largest absolute Gasteiger partial charge is 0.497 e. The Bertz CT molecular complexity index is 1770. The quantitative estimate of drug-likeness (QED) is 0.153. The molecule has 0 N–H and O–H groups in total. The molecule has 0 saturated carbocycles. The molecule has 0 aliphatic carbocycles. The summed E-state index contributed by atoms with van der Waals surface area (Å²) in [5.74, 6) is -1.53. The lowest BCUT2D eigenvalue weighted by Crippen LogP contribution is -2.23. The highest BCUT2D eigenvalue weighted by molar-refractivity contribution is 7.22. The summed E-state index contributed by atoms with van der Waals surface area (Å²) >= 11 is 1.34. The number of hydrogen-bond donors (Lipinski definition) is 0. The average Bonchev–Trinajstić information content (AvgIpc) is 3.36. The third-order valence-electron chi connectivity index (χ3n) is 6.97. The number of nitrogens with zero attached hydrogens (tertiary/aromatic N) is 2. The van der Waals surface area contributed by atoms with Crippen LogP contribution in [0.2, 0.25) is 0 Å². The fraction of sp³-hybridized carbons (Fsp3) is 0.212. The van der Waals surface area contributed by atoms with E-state index in [9.17, 15) is 18.4 Å². The molecule has 3 aromatic carbocycles. The SMILES string of the molecule is CCOC(=O)c1cn(Cc2c(F)cccc2F)c2sc(-c3ccc(OC)cc3)c(CN(C)Cc3ccccc3)c2c1=O.Cl. The molecule has 0 spiro atoms. The van der Waals surface area contributed by atoms with Crippen LogP contribution >= 0.6 is 23.7 Å². The van der Waals surface area contributed by atoms with E-state index in [1.54, 1.807) is 18.6 Å². The van der Waals surface area contributed by atoms with Gasteiger partial charge in [0.15, 0.2) is 0 Å². The van der Waals surface area contributed by atoms with Crippen molar-refractivity contribution >= 4 is 39.9 Å². The van der Waals surface area contributed by atoms with Gasteiger partial charge in [-0.1, -0.05) is 36.4 Å². The second-order valence-electron chi connectivity index (χ2n) is 9.90. The number of hydrogen-bond acceptors (Lipinski definition) is 6. The summed E-state index contributed by atoms with van der Waals surface area (Å²) in [6.07, 6.45) is 1.35. The summed E-state index contributed by atoms with van der Waals surface area (Å²) in [5.41, 5.74) is 1.84. The molecule has 0 aliphatic heterocycles. The molecule has 5 aromatic rings. The number of carbonyl (C=O) groups excluding carboxylic acids is 1. The molecule has 0 atom stereocenters. The van der Waals surface area contributed by atoms with E-state index in [1.807, 2.05) is 61.6 Å². The molecular weight excluding hydrogens is 594 g/mol. The number of rotatable bonds is 10. The molecular formula is C33H31ClF2N2O4S. The number of aromatic nitrogens is 1. The second kappa shape index (κ2) is 13.9. The standard InChI is InChI=1S/C33H30F2N2O4S.ClH/c1-4-41-33(39)26-20-37(19-24-27(34)11-8-12-28(24)35)32-29(30(26)38)25(18-36(2)17-21-9-6-5-7-10-21)31(42-32)22-13-15-23(40-3)16-14-22;/h5-16,20H,4,17-19H2,1-3H3;1H. The lowest BCUT2D eigenvalue weighted by Gasteiger charge is -2.18. The highest BCUT2D eigenvalue weighted by atomic mass is 35.5. The second-order valence-corrected chi connectivity index (χ2v) is 10.9. The summed E-state index contributed by atoms with van der Waals surface area (Å²) in [7, 11) is 3.54. The molecule has 0 saturated heterocycles. The van der Waals surface area contributed by atoms with Gasteiger partial charge in [0.25, 0.3) is 0 Å². The van der Waals surface area contributed by atoms with Gasteiger partial charge in [0.2, 0.25) is 5.43 Å². The van der Waals surface area contributed by atoms with Gasteiger partial charge in [-0.05, 0) is 67.1 Å². The molecule has 0 radical (unpaired) electrons. The van der Waals surface area contributed by atoms with Crippen LogP contribution in [0.4, 0.5) is 8.78 Å². The van der Waals surface area contributed by atoms with Crippen molar-refractivity contribution in [2.75, 3.05) is 20.8 Å². The number of benzene rings is 3. The van der Waals surface area contributed by atoms with Gasteiger partial charge >= 0.3 is 5.97 Å². The highest BCUT2D eigenvalue weighted by Gasteiger charge is 2.25. The van der Waals surface area contributed by atoms with Crippen molar-refractivity contribution in [3.8, 4) is 16.2 Å². The molecule has 0 amide bonds. The number of methoxy groups -OCH3 is 1. The zero-order chi connectivity index (χ0) is 29.8. The molecule has 10 heteroatoms. The van der Waals surface area contributed by atoms with Crippen molar-refractivity contribution in [1.82, 2.24) is 9.47 Å². The Labute approximate surface area is 258 Å². The van der Waals surface area contributed by atoms with Gasteiger partial charge in [0.05, 0.1) is 25.6 Å². The maximum Gasteiger partial charge on any atom is 0.343 e. The van der Waals surface area contributed by atoms with E-state index >= 15 is 0 Å². The normalized spacial score (nSPS) is 11.0. The maximum absolute atomic E-state index is 14.8. The average molecular weight is 625 g/mol. The zero-order valence-electron chi connectivity index (χ0n) is 23.9. The van der Waals surface area contributed by atoms with Crippen molar-refractivity contribution < 1.29 is 23.0 Å².